The zero-order valence-electron chi connectivity index (χ0n) is 6.30. The Morgan fingerprint density at radius 3 is 2.27 bits per heavy atom. The summed E-state index contributed by atoms with van der Waals surface area (Å²) in [6.45, 7) is 5.82. The van der Waals surface area contributed by atoms with E-state index in [1.165, 1.54) is 0 Å². The Morgan fingerprint density at radius 1 is 1.36 bits per heavy atom. The molecule has 0 N–H and O–H groups in total. The molecule has 0 bridgehead atoms. The fraction of sp³-hybridized carbons (Fsp3) is 0.111. The molecule has 0 saturated heterocycles. The first kappa shape index (κ1) is 8.59. The van der Waals surface area contributed by atoms with E-state index in [0.29, 0.717) is 0 Å². The molecule has 0 aliphatic rings. The standard InChI is InChI=1S/C9H9IO/c1-7(2)8-3-5-9(11-10)6-4-8/h3-6H,1H2,2H3. The molecule has 11 heavy (non-hydrogen) atoms. The lowest BCUT2D eigenvalue weighted by molar-refractivity contribution is 0.717. The average Bonchev–Trinajstić information content (AvgIpc) is 2.05. The van der Waals surface area contributed by atoms with E-state index in [9.17, 15) is 0 Å². The van der Waals surface area contributed by atoms with Crippen LogP contribution in [0, 0.1) is 0 Å². The molecule has 0 heterocycles. The molecule has 0 aliphatic heterocycles. The van der Waals surface area contributed by atoms with Gasteiger partial charge >= 0.3 is 0 Å². The van der Waals surface area contributed by atoms with Gasteiger partial charge in [0.2, 0.25) is 0 Å². The van der Waals surface area contributed by atoms with E-state index in [1.54, 1.807) is 0 Å². The molecule has 0 atom stereocenters. The highest BCUT2D eigenvalue weighted by atomic mass is 127. The predicted octanol–water partition coefficient (Wildman–Crippen LogP) is 3.45. The minimum absolute atomic E-state index is 0.871. The summed E-state index contributed by atoms with van der Waals surface area (Å²) in [6.07, 6.45) is 0. The molecule has 2 heteroatoms. The van der Waals surface area contributed by atoms with Crippen LogP contribution in [0.25, 0.3) is 5.57 Å². The quantitative estimate of drug-likeness (QED) is 0.740. The van der Waals surface area contributed by atoms with Crippen molar-refractivity contribution in [3.63, 3.8) is 0 Å². The minimum atomic E-state index is 0.871. The van der Waals surface area contributed by atoms with Gasteiger partial charge in [-0.3, -0.25) is 0 Å². The zero-order valence-corrected chi connectivity index (χ0v) is 8.46. The highest BCUT2D eigenvalue weighted by molar-refractivity contribution is 14.1. The van der Waals surface area contributed by atoms with Gasteiger partial charge in [-0.15, -0.1) is 0 Å². The second-order valence-corrected chi connectivity index (χ2v) is 2.82. The summed E-state index contributed by atoms with van der Waals surface area (Å²) in [6, 6.07) is 7.85. The fourth-order valence-electron chi connectivity index (χ4n) is 0.791. The van der Waals surface area contributed by atoms with E-state index in [4.69, 9.17) is 3.07 Å². The van der Waals surface area contributed by atoms with Gasteiger partial charge in [-0.05, 0) is 24.6 Å². The third-order valence-corrected chi connectivity index (χ3v) is 1.94. The maximum Gasteiger partial charge on any atom is 0.192 e. The van der Waals surface area contributed by atoms with Crippen molar-refractivity contribution in [2.45, 2.75) is 6.92 Å². The molecule has 1 aromatic carbocycles. The first-order chi connectivity index (χ1) is 5.24. The molecular formula is C9H9IO. The monoisotopic (exact) mass is 260 g/mol. The summed E-state index contributed by atoms with van der Waals surface area (Å²) in [5, 5.41) is 0. The summed E-state index contributed by atoms with van der Waals surface area (Å²) in [7, 11) is 0. The molecule has 0 spiro atoms. The predicted molar refractivity (Wildman–Crippen MR) is 55.8 cm³/mol. The van der Waals surface area contributed by atoms with Crippen molar-refractivity contribution in [2.75, 3.05) is 0 Å². The van der Waals surface area contributed by atoms with Gasteiger partial charge < -0.3 is 3.07 Å². The number of halogens is 1. The van der Waals surface area contributed by atoms with Crippen molar-refractivity contribution in [1.82, 2.24) is 0 Å². The molecule has 0 aromatic heterocycles. The average molecular weight is 260 g/mol. The Morgan fingerprint density at radius 2 is 1.91 bits per heavy atom. The van der Waals surface area contributed by atoms with Gasteiger partial charge in [0.1, 0.15) is 5.75 Å². The van der Waals surface area contributed by atoms with E-state index in [-0.39, 0.29) is 0 Å². The van der Waals surface area contributed by atoms with Gasteiger partial charge in [-0.25, -0.2) is 0 Å². The number of hydrogen-bond acceptors (Lipinski definition) is 1. The second kappa shape index (κ2) is 3.76. The molecule has 0 unspecified atom stereocenters. The van der Waals surface area contributed by atoms with E-state index < -0.39 is 0 Å². The maximum absolute atomic E-state index is 4.99. The normalized spacial score (nSPS) is 9.27. The molecule has 0 aliphatic carbocycles. The highest BCUT2D eigenvalue weighted by Gasteiger charge is 1.93. The second-order valence-electron chi connectivity index (χ2n) is 2.38. The minimum Gasteiger partial charge on any atom is -0.428 e. The lowest BCUT2D eigenvalue weighted by atomic mass is 10.1. The molecule has 0 amide bonds. The Hall–Kier alpha value is -0.510. The van der Waals surface area contributed by atoms with E-state index in [1.807, 2.05) is 54.2 Å². The third-order valence-electron chi connectivity index (χ3n) is 1.44. The summed E-state index contributed by atoms with van der Waals surface area (Å²) in [5.41, 5.74) is 2.23. The Labute approximate surface area is 80.8 Å². The van der Waals surface area contributed by atoms with E-state index >= 15 is 0 Å². The van der Waals surface area contributed by atoms with Crippen molar-refractivity contribution in [3.8, 4) is 5.75 Å². The van der Waals surface area contributed by atoms with Crippen molar-refractivity contribution >= 4 is 28.6 Å². The van der Waals surface area contributed by atoms with Gasteiger partial charge in [0.05, 0.1) is 0 Å². The van der Waals surface area contributed by atoms with Gasteiger partial charge in [0.25, 0.3) is 0 Å². The number of hydrogen-bond donors (Lipinski definition) is 0. The first-order valence-electron chi connectivity index (χ1n) is 3.28. The molecule has 0 saturated carbocycles. The van der Waals surface area contributed by atoms with Gasteiger partial charge in [-0.1, -0.05) is 24.3 Å². The summed E-state index contributed by atoms with van der Waals surface area (Å²) in [5.74, 6) is 0.871. The van der Waals surface area contributed by atoms with Crippen molar-refractivity contribution in [2.24, 2.45) is 0 Å². The number of benzene rings is 1. The van der Waals surface area contributed by atoms with Crippen LogP contribution in [0.5, 0.6) is 5.75 Å². The van der Waals surface area contributed by atoms with Crippen LogP contribution in [0.2, 0.25) is 0 Å². The van der Waals surface area contributed by atoms with Crippen molar-refractivity contribution < 1.29 is 3.07 Å². The lowest BCUT2D eigenvalue weighted by Gasteiger charge is -1.99. The zero-order chi connectivity index (χ0) is 8.27. The summed E-state index contributed by atoms with van der Waals surface area (Å²) < 4.78 is 4.99. The number of allylic oxidation sites excluding steroid dienone is 1. The van der Waals surface area contributed by atoms with Crippen LogP contribution in [0.3, 0.4) is 0 Å². The Kier molecular flexibility index (Phi) is 2.93. The molecule has 1 aromatic rings. The molecule has 58 valence electrons. The van der Waals surface area contributed by atoms with E-state index in [0.717, 1.165) is 16.9 Å². The van der Waals surface area contributed by atoms with Crippen LogP contribution in [0.15, 0.2) is 30.8 Å². The number of rotatable bonds is 2. The first-order valence-corrected chi connectivity index (χ1v) is 4.16. The van der Waals surface area contributed by atoms with Crippen LogP contribution < -0.4 is 3.07 Å². The fourth-order valence-corrected chi connectivity index (χ4v) is 1.08. The van der Waals surface area contributed by atoms with Crippen LogP contribution in [-0.2, 0) is 0 Å². The summed E-state index contributed by atoms with van der Waals surface area (Å²) >= 11 is 1.86. The third kappa shape index (κ3) is 2.22. The topological polar surface area (TPSA) is 9.23 Å². The molecule has 1 nitrogen and oxygen atoms in total. The van der Waals surface area contributed by atoms with Crippen molar-refractivity contribution in [1.29, 1.82) is 0 Å². The van der Waals surface area contributed by atoms with Crippen LogP contribution in [0.4, 0.5) is 0 Å². The van der Waals surface area contributed by atoms with Crippen LogP contribution in [0.1, 0.15) is 12.5 Å². The van der Waals surface area contributed by atoms with Gasteiger partial charge in [-0.2, -0.15) is 0 Å². The highest BCUT2D eigenvalue weighted by Crippen LogP contribution is 2.17. The van der Waals surface area contributed by atoms with E-state index in [2.05, 4.69) is 6.58 Å². The largest absolute Gasteiger partial charge is 0.428 e. The van der Waals surface area contributed by atoms with Crippen molar-refractivity contribution in [3.05, 3.63) is 36.4 Å². The van der Waals surface area contributed by atoms with Crippen LogP contribution >= 0.6 is 23.0 Å². The smallest absolute Gasteiger partial charge is 0.192 e. The lowest BCUT2D eigenvalue weighted by Crippen LogP contribution is -1.77. The molecule has 0 fully saturated rings. The van der Waals surface area contributed by atoms with Gasteiger partial charge in [0, 0.05) is 0 Å². The Balaban J connectivity index is 2.91. The maximum atomic E-state index is 4.99. The molecule has 0 radical (unpaired) electrons. The molecule has 1 rings (SSSR count). The van der Waals surface area contributed by atoms with Gasteiger partial charge in [0.15, 0.2) is 23.0 Å². The Bertz CT molecular complexity index is 251. The summed E-state index contributed by atoms with van der Waals surface area (Å²) in [4.78, 5) is 0. The molecular weight excluding hydrogens is 251 g/mol. The SMILES string of the molecule is C=C(C)c1ccc(OI)cc1. The van der Waals surface area contributed by atoms with Crippen LogP contribution in [-0.4, -0.2) is 0 Å².